The van der Waals surface area contributed by atoms with E-state index in [0.717, 1.165) is 17.9 Å². The second-order valence-electron chi connectivity index (χ2n) is 8.05. The van der Waals surface area contributed by atoms with Gasteiger partial charge in [0, 0.05) is 30.7 Å². The maximum atomic E-state index is 3.88. The Morgan fingerprint density at radius 1 is 1.05 bits per heavy atom. The lowest BCUT2D eigenvalue weighted by Gasteiger charge is -2.51. The molecule has 112 valence electrons. The maximum absolute atomic E-state index is 3.88. The van der Waals surface area contributed by atoms with Gasteiger partial charge in [0.15, 0.2) is 0 Å². The van der Waals surface area contributed by atoms with Crippen molar-refractivity contribution in [3.05, 3.63) is 0 Å². The van der Waals surface area contributed by atoms with Crippen LogP contribution in [0.1, 0.15) is 66.7 Å². The zero-order chi connectivity index (χ0) is 14.0. The van der Waals surface area contributed by atoms with Crippen LogP contribution in [-0.2, 0) is 0 Å². The van der Waals surface area contributed by atoms with E-state index < -0.39 is 0 Å². The van der Waals surface area contributed by atoms with Crippen LogP contribution in [-0.4, -0.2) is 35.6 Å². The van der Waals surface area contributed by atoms with E-state index in [0.29, 0.717) is 11.6 Å². The molecule has 0 radical (unpaired) electrons. The van der Waals surface area contributed by atoms with Gasteiger partial charge in [-0.05, 0) is 45.4 Å². The largest absolute Gasteiger partial charge is 0.311 e. The van der Waals surface area contributed by atoms with Gasteiger partial charge in [0.1, 0.15) is 0 Å². The number of nitrogens with zero attached hydrogens (tertiary/aromatic N) is 1. The molecule has 1 aliphatic heterocycles. The van der Waals surface area contributed by atoms with Crippen molar-refractivity contribution in [1.29, 1.82) is 0 Å². The highest BCUT2D eigenvalue weighted by Crippen LogP contribution is 2.31. The second-order valence-corrected chi connectivity index (χ2v) is 8.05. The van der Waals surface area contributed by atoms with Crippen molar-refractivity contribution in [2.24, 2.45) is 11.8 Å². The van der Waals surface area contributed by atoms with Crippen molar-refractivity contribution in [3.63, 3.8) is 0 Å². The normalized spacial score (nSPS) is 31.9. The fraction of sp³-hybridized carbons (Fsp3) is 1.00. The molecule has 2 heteroatoms. The Morgan fingerprint density at radius 3 is 2.21 bits per heavy atom. The topological polar surface area (TPSA) is 15.3 Å². The molecule has 0 spiro atoms. The minimum absolute atomic E-state index is 0.296. The number of hydrogen-bond donors (Lipinski definition) is 1. The minimum atomic E-state index is 0.296. The number of rotatable bonds is 2. The van der Waals surface area contributed by atoms with E-state index in [2.05, 4.69) is 44.8 Å². The molecule has 2 atom stereocenters. The van der Waals surface area contributed by atoms with E-state index in [1.807, 2.05) is 0 Å². The van der Waals surface area contributed by atoms with Crippen molar-refractivity contribution in [2.45, 2.75) is 84.3 Å². The second kappa shape index (κ2) is 6.13. The van der Waals surface area contributed by atoms with Crippen LogP contribution in [0.2, 0.25) is 0 Å². The molecule has 1 N–H and O–H groups in total. The van der Waals surface area contributed by atoms with E-state index in [-0.39, 0.29) is 0 Å². The molecular formula is C17H34N2. The molecule has 19 heavy (non-hydrogen) atoms. The summed E-state index contributed by atoms with van der Waals surface area (Å²) in [6.07, 6.45) is 7.25. The summed E-state index contributed by atoms with van der Waals surface area (Å²) in [6, 6.07) is 1.43. The Labute approximate surface area is 120 Å². The Hall–Kier alpha value is -0.0800. The summed E-state index contributed by atoms with van der Waals surface area (Å²) in [5, 5.41) is 3.88. The monoisotopic (exact) mass is 266 g/mol. The van der Waals surface area contributed by atoms with Gasteiger partial charge in [-0.2, -0.15) is 0 Å². The first kappa shape index (κ1) is 15.3. The molecule has 1 aliphatic carbocycles. The van der Waals surface area contributed by atoms with Gasteiger partial charge in [-0.15, -0.1) is 0 Å². The first-order chi connectivity index (χ1) is 8.89. The minimum Gasteiger partial charge on any atom is -0.311 e. The van der Waals surface area contributed by atoms with Gasteiger partial charge in [-0.25, -0.2) is 0 Å². The standard InChI is InChI=1S/C17H34N2/c1-13(2)16-11-18-15(12-19(16)17(3,4)5)14-9-7-6-8-10-14/h13-16,18H,6-12H2,1-5H3. The molecule has 1 saturated carbocycles. The predicted molar refractivity (Wildman–Crippen MR) is 83.5 cm³/mol. The molecule has 2 aliphatic rings. The van der Waals surface area contributed by atoms with Crippen LogP contribution in [0, 0.1) is 11.8 Å². The van der Waals surface area contributed by atoms with Crippen LogP contribution in [0.25, 0.3) is 0 Å². The molecule has 0 bridgehead atoms. The highest BCUT2D eigenvalue weighted by atomic mass is 15.3. The molecule has 0 aromatic carbocycles. The molecule has 1 heterocycles. The first-order valence-corrected chi connectivity index (χ1v) is 8.39. The third-order valence-electron chi connectivity index (χ3n) is 5.23. The maximum Gasteiger partial charge on any atom is 0.0249 e. The third-order valence-corrected chi connectivity index (χ3v) is 5.23. The van der Waals surface area contributed by atoms with Crippen LogP contribution in [0.3, 0.4) is 0 Å². The molecule has 0 amide bonds. The molecule has 1 saturated heterocycles. The summed E-state index contributed by atoms with van der Waals surface area (Å²) in [5.41, 5.74) is 0.296. The summed E-state index contributed by atoms with van der Waals surface area (Å²) in [5.74, 6) is 1.66. The lowest BCUT2D eigenvalue weighted by atomic mass is 9.81. The van der Waals surface area contributed by atoms with Gasteiger partial charge in [0.05, 0.1) is 0 Å². The Kier molecular flexibility index (Phi) is 4.94. The summed E-state index contributed by atoms with van der Waals surface area (Å²) in [4.78, 5) is 2.77. The predicted octanol–water partition coefficient (Wildman–Crippen LogP) is 3.66. The smallest absolute Gasteiger partial charge is 0.0249 e. The Bertz CT molecular complexity index is 273. The van der Waals surface area contributed by atoms with Crippen LogP contribution in [0.5, 0.6) is 0 Å². The summed E-state index contributed by atoms with van der Waals surface area (Å²) >= 11 is 0. The highest BCUT2D eigenvalue weighted by molar-refractivity contribution is 4.96. The van der Waals surface area contributed by atoms with Gasteiger partial charge < -0.3 is 5.32 Å². The zero-order valence-corrected chi connectivity index (χ0v) is 13.7. The fourth-order valence-electron chi connectivity index (χ4n) is 4.01. The van der Waals surface area contributed by atoms with Gasteiger partial charge in [0.25, 0.3) is 0 Å². The van der Waals surface area contributed by atoms with Crippen molar-refractivity contribution in [3.8, 4) is 0 Å². The van der Waals surface area contributed by atoms with Gasteiger partial charge in [0.2, 0.25) is 0 Å². The van der Waals surface area contributed by atoms with Gasteiger partial charge in [-0.1, -0.05) is 33.1 Å². The number of hydrogen-bond acceptors (Lipinski definition) is 2. The molecule has 2 fully saturated rings. The molecule has 0 aromatic heterocycles. The molecule has 2 unspecified atom stereocenters. The highest BCUT2D eigenvalue weighted by Gasteiger charge is 2.38. The molecule has 2 rings (SSSR count). The van der Waals surface area contributed by atoms with Gasteiger partial charge >= 0.3 is 0 Å². The number of nitrogens with one attached hydrogen (secondary N) is 1. The van der Waals surface area contributed by atoms with Crippen LogP contribution in [0.4, 0.5) is 0 Å². The van der Waals surface area contributed by atoms with E-state index in [9.17, 15) is 0 Å². The lowest BCUT2D eigenvalue weighted by molar-refractivity contribution is 0.00505. The average Bonchev–Trinajstić information content (AvgIpc) is 2.38. The molecular weight excluding hydrogens is 232 g/mol. The quantitative estimate of drug-likeness (QED) is 0.820. The third kappa shape index (κ3) is 3.72. The van der Waals surface area contributed by atoms with E-state index in [1.54, 1.807) is 0 Å². The van der Waals surface area contributed by atoms with Crippen molar-refractivity contribution >= 4 is 0 Å². The van der Waals surface area contributed by atoms with Crippen LogP contribution in [0.15, 0.2) is 0 Å². The van der Waals surface area contributed by atoms with E-state index in [4.69, 9.17) is 0 Å². The van der Waals surface area contributed by atoms with E-state index >= 15 is 0 Å². The SMILES string of the molecule is CC(C)C1CNC(C2CCCCC2)CN1C(C)(C)C. The average molecular weight is 266 g/mol. The van der Waals surface area contributed by atoms with Crippen molar-refractivity contribution < 1.29 is 0 Å². The summed E-state index contributed by atoms with van der Waals surface area (Å²) in [6.45, 7) is 14.3. The number of piperazine rings is 1. The van der Waals surface area contributed by atoms with E-state index in [1.165, 1.54) is 45.2 Å². The first-order valence-electron chi connectivity index (χ1n) is 8.39. The summed E-state index contributed by atoms with van der Waals surface area (Å²) in [7, 11) is 0. The van der Waals surface area contributed by atoms with Crippen LogP contribution < -0.4 is 5.32 Å². The van der Waals surface area contributed by atoms with Crippen LogP contribution >= 0.6 is 0 Å². The summed E-state index contributed by atoms with van der Waals surface area (Å²) < 4.78 is 0. The zero-order valence-electron chi connectivity index (χ0n) is 13.7. The van der Waals surface area contributed by atoms with Crippen molar-refractivity contribution in [2.75, 3.05) is 13.1 Å². The molecule has 0 aromatic rings. The fourth-order valence-corrected chi connectivity index (χ4v) is 4.01. The lowest BCUT2D eigenvalue weighted by Crippen LogP contribution is -2.64. The van der Waals surface area contributed by atoms with Crippen molar-refractivity contribution in [1.82, 2.24) is 10.2 Å². The molecule has 2 nitrogen and oxygen atoms in total. The Balaban J connectivity index is 2.03. The Morgan fingerprint density at radius 2 is 1.68 bits per heavy atom. The van der Waals surface area contributed by atoms with Gasteiger partial charge in [-0.3, -0.25) is 4.90 Å².